The maximum atomic E-state index is 13.1. The molecule has 32 heavy (non-hydrogen) atoms. The Morgan fingerprint density at radius 2 is 1.94 bits per heavy atom. The van der Waals surface area contributed by atoms with E-state index in [4.69, 9.17) is 25.8 Å². The lowest BCUT2D eigenvalue weighted by Gasteiger charge is -2.27. The Bertz CT molecular complexity index is 1040. The summed E-state index contributed by atoms with van der Waals surface area (Å²) in [5.74, 6) is 1.22. The minimum absolute atomic E-state index is 0.0689. The van der Waals surface area contributed by atoms with Crippen molar-refractivity contribution in [2.24, 2.45) is 0 Å². The van der Waals surface area contributed by atoms with Crippen molar-refractivity contribution in [2.45, 2.75) is 6.42 Å². The van der Waals surface area contributed by atoms with E-state index in [-0.39, 0.29) is 12.5 Å². The van der Waals surface area contributed by atoms with Crippen molar-refractivity contribution < 1.29 is 19.0 Å². The molecule has 1 aromatic heterocycles. The summed E-state index contributed by atoms with van der Waals surface area (Å²) in [5.41, 5.74) is 0.830. The van der Waals surface area contributed by atoms with Crippen LogP contribution in [-0.4, -0.2) is 68.9 Å². The molecule has 0 spiro atoms. The van der Waals surface area contributed by atoms with E-state index >= 15 is 0 Å². The summed E-state index contributed by atoms with van der Waals surface area (Å²) in [7, 11) is 1.61. The Morgan fingerprint density at radius 1 is 1.19 bits per heavy atom. The van der Waals surface area contributed by atoms with E-state index < -0.39 is 0 Å². The van der Waals surface area contributed by atoms with Gasteiger partial charge in [-0.25, -0.2) is 4.98 Å². The van der Waals surface area contributed by atoms with Crippen LogP contribution in [0.5, 0.6) is 11.5 Å². The van der Waals surface area contributed by atoms with Gasteiger partial charge in [0.1, 0.15) is 11.5 Å². The third-order valence-corrected chi connectivity index (χ3v) is 6.53. The SMILES string of the molecule is COc1ccc(OCC(=O)N(CCCN2CCOCC2)c2nc3ccc(Cl)cc3s2)cc1. The molecular weight excluding hydrogens is 450 g/mol. The molecule has 0 N–H and O–H groups in total. The summed E-state index contributed by atoms with van der Waals surface area (Å²) in [4.78, 5) is 21.9. The van der Waals surface area contributed by atoms with E-state index in [0.717, 1.165) is 55.2 Å². The fourth-order valence-corrected chi connectivity index (χ4v) is 4.79. The predicted molar refractivity (Wildman–Crippen MR) is 127 cm³/mol. The van der Waals surface area contributed by atoms with Crippen LogP contribution >= 0.6 is 22.9 Å². The van der Waals surface area contributed by atoms with Gasteiger partial charge in [0.15, 0.2) is 11.7 Å². The topological polar surface area (TPSA) is 64.1 Å². The Morgan fingerprint density at radius 3 is 2.69 bits per heavy atom. The van der Waals surface area contributed by atoms with Gasteiger partial charge in [-0.2, -0.15) is 0 Å². The molecule has 0 atom stereocenters. The number of thiazole rings is 1. The lowest BCUT2D eigenvalue weighted by molar-refractivity contribution is -0.120. The van der Waals surface area contributed by atoms with Crippen LogP contribution in [0.4, 0.5) is 5.13 Å². The van der Waals surface area contributed by atoms with E-state index in [0.29, 0.717) is 22.4 Å². The highest BCUT2D eigenvalue weighted by atomic mass is 35.5. The fraction of sp³-hybridized carbons (Fsp3) is 0.391. The van der Waals surface area contributed by atoms with Gasteiger partial charge in [-0.15, -0.1) is 0 Å². The molecule has 7 nitrogen and oxygen atoms in total. The van der Waals surface area contributed by atoms with Gasteiger partial charge < -0.3 is 14.2 Å². The van der Waals surface area contributed by atoms with Gasteiger partial charge in [0.05, 0.1) is 30.5 Å². The van der Waals surface area contributed by atoms with Crippen LogP contribution in [0.25, 0.3) is 10.2 Å². The van der Waals surface area contributed by atoms with E-state index in [1.807, 2.05) is 18.2 Å². The van der Waals surface area contributed by atoms with Gasteiger partial charge in [0.2, 0.25) is 0 Å². The number of fused-ring (bicyclic) bond motifs is 1. The van der Waals surface area contributed by atoms with Crippen molar-refractivity contribution in [1.82, 2.24) is 9.88 Å². The summed E-state index contributed by atoms with van der Waals surface area (Å²) >= 11 is 7.60. The number of morpholine rings is 1. The third kappa shape index (κ3) is 5.89. The molecule has 170 valence electrons. The molecule has 1 fully saturated rings. The van der Waals surface area contributed by atoms with Crippen molar-refractivity contribution >= 4 is 44.2 Å². The molecule has 3 aromatic rings. The number of nitrogens with zero attached hydrogens (tertiary/aromatic N) is 3. The first-order chi connectivity index (χ1) is 15.6. The number of benzene rings is 2. The smallest absolute Gasteiger partial charge is 0.266 e. The Kier molecular flexibility index (Phi) is 7.81. The van der Waals surface area contributed by atoms with Gasteiger partial charge in [-0.3, -0.25) is 14.6 Å². The summed E-state index contributed by atoms with van der Waals surface area (Å²) in [5, 5.41) is 1.31. The molecule has 1 aliphatic rings. The largest absolute Gasteiger partial charge is 0.497 e. The minimum atomic E-state index is -0.132. The molecule has 1 amide bonds. The highest BCUT2D eigenvalue weighted by Crippen LogP contribution is 2.31. The number of hydrogen-bond donors (Lipinski definition) is 0. The van der Waals surface area contributed by atoms with Crippen molar-refractivity contribution in [3.63, 3.8) is 0 Å². The zero-order valence-electron chi connectivity index (χ0n) is 18.0. The van der Waals surface area contributed by atoms with E-state index in [9.17, 15) is 4.79 Å². The maximum Gasteiger partial charge on any atom is 0.266 e. The highest BCUT2D eigenvalue weighted by molar-refractivity contribution is 7.22. The number of hydrogen-bond acceptors (Lipinski definition) is 7. The molecule has 0 aliphatic carbocycles. The number of methoxy groups -OCH3 is 1. The average molecular weight is 476 g/mol. The molecule has 2 heterocycles. The van der Waals surface area contributed by atoms with Crippen molar-refractivity contribution in [2.75, 3.05) is 58.0 Å². The number of amides is 1. The first-order valence-corrected chi connectivity index (χ1v) is 11.8. The third-order valence-electron chi connectivity index (χ3n) is 5.25. The van der Waals surface area contributed by atoms with Crippen molar-refractivity contribution in [1.29, 1.82) is 0 Å². The second kappa shape index (κ2) is 11.0. The molecule has 2 aromatic carbocycles. The van der Waals surface area contributed by atoms with Crippen LogP contribution in [0, 0.1) is 0 Å². The first kappa shape index (κ1) is 22.8. The van der Waals surface area contributed by atoms with Crippen LogP contribution in [0.3, 0.4) is 0 Å². The van der Waals surface area contributed by atoms with Gasteiger partial charge >= 0.3 is 0 Å². The fourth-order valence-electron chi connectivity index (χ4n) is 3.50. The predicted octanol–water partition coefficient (Wildman–Crippen LogP) is 4.09. The minimum Gasteiger partial charge on any atom is -0.497 e. The Labute approximate surface area is 196 Å². The lowest BCUT2D eigenvalue weighted by atomic mass is 10.3. The van der Waals surface area contributed by atoms with Gasteiger partial charge in [-0.1, -0.05) is 22.9 Å². The normalized spacial score (nSPS) is 14.4. The number of rotatable bonds is 9. The maximum absolute atomic E-state index is 13.1. The molecular formula is C23H26ClN3O4S. The van der Waals surface area contributed by atoms with Crippen molar-refractivity contribution in [3.05, 3.63) is 47.5 Å². The summed E-state index contributed by atoms with van der Waals surface area (Å²) in [6.07, 6.45) is 0.838. The number of aromatic nitrogens is 1. The standard InChI is InChI=1S/C23H26ClN3O4S/c1-29-18-4-6-19(7-5-18)31-16-22(28)27(10-2-9-26-11-13-30-14-12-26)23-25-20-8-3-17(24)15-21(20)32-23/h3-8,15H,2,9-14,16H2,1H3. The number of halogens is 1. The zero-order valence-corrected chi connectivity index (χ0v) is 19.5. The zero-order chi connectivity index (χ0) is 22.3. The highest BCUT2D eigenvalue weighted by Gasteiger charge is 2.21. The summed E-state index contributed by atoms with van der Waals surface area (Å²) in [6, 6.07) is 12.7. The molecule has 1 aliphatic heterocycles. The van der Waals surface area contributed by atoms with Crippen LogP contribution in [0.2, 0.25) is 5.02 Å². The number of carbonyl (C=O) groups excluding carboxylic acids is 1. The molecule has 0 saturated carbocycles. The number of ether oxygens (including phenoxy) is 3. The first-order valence-electron chi connectivity index (χ1n) is 10.6. The van der Waals surface area contributed by atoms with E-state index in [2.05, 4.69) is 9.88 Å². The van der Waals surface area contributed by atoms with E-state index in [1.54, 1.807) is 36.3 Å². The summed E-state index contributed by atoms with van der Waals surface area (Å²) in [6.45, 7) is 4.77. The molecule has 0 radical (unpaired) electrons. The van der Waals surface area contributed by atoms with Crippen LogP contribution < -0.4 is 14.4 Å². The number of anilines is 1. The molecule has 4 rings (SSSR count). The molecule has 0 bridgehead atoms. The average Bonchev–Trinajstić information content (AvgIpc) is 3.24. The lowest BCUT2D eigenvalue weighted by Crippen LogP contribution is -2.40. The van der Waals surface area contributed by atoms with Gasteiger partial charge in [0, 0.05) is 31.2 Å². The second-order valence-electron chi connectivity index (χ2n) is 7.43. The van der Waals surface area contributed by atoms with Crippen LogP contribution in [0.1, 0.15) is 6.42 Å². The monoisotopic (exact) mass is 475 g/mol. The Balaban J connectivity index is 1.45. The van der Waals surface area contributed by atoms with E-state index in [1.165, 1.54) is 11.3 Å². The van der Waals surface area contributed by atoms with Crippen LogP contribution in [0.15, 0.2) is 42.5 Å². The van der Waals surface area contributed by atoms with Gasteiger partial charge in [-0.05, 0) is 48.9 Å². The van der Waals surface area contributed by atoms with Crippen molar-refractivity contribution in [3.8, 4) is 11.5 Å². The molecule has 9 heteroatoms. The molecule has 0 unspecified atom stereocenters. The molecule has 1 saturated heterocycles. The van der Waals surface area contributed by atoms with Crippen LogP contribution in [-0.2, 0) is 9.53 Å². The van der Waals surface area contributed by atoms with Gasteiger partial charge in [0.25, 0.3) is 5.91 Å². The number of carbonyl (C=O) groups is 1. The quantitative estimate of drug-likeness (QED) is 0.464. The summed E-state index contributed by atoms with van der Waals surface area (Å²) < 4.78 is 17.3. The second-order valence-corrected chi connectivity index (χ2v) is 8.87. The Hall–Kier alpha value is -2.39.